The molecule has 1 atom stereocenters. The normalized spacial score (nSPS) is 15.6. The van der Waals surface area contributed by atoms with E-state index in [2.05, 4.69) is 5.32 Å². The van der Waals surface area contributed by atoms with Crippen LogP contribution in [0.2, 0.25) is 0 Å². The lowest BCUT2D eigenvalue weighted by Gasteiger charge is -2.30. The average molecular weight is 371 g/mol. The average Bonchev–Trinajstić information content (AvgIpc) is 2.65. The van der Waals surface area contributed by atoms with E-state index in [0.717, 1.165) is 0 Å². The van der Waals surface area contributed by atoms with E-state index in [-0.39, 0.29) is 24.0 Å². The third kappa shape index (κ3) is 3.97. The minimum atomic E-state index is -0.564. The molecule has 3 rings (SSSR count). The van der Waals surface area contributed by atoms with Crippen LogP contribution in [-0.4, -0.2) is 36.5 Å². The standard InChI is InChI=1S/C18H17N3O6/c1-11-18(23)20(2)15-8-12(6-7-16(15)27-11)19-17(22)10-26-14-5-3-4-13(9-14)21(24)25/h3-9,11H,10H2,1-2H3,(H,19,22). The number of fused-ring (bicyclic) bond motifs is 1. The summed E-state index contributed by atoms with van der Waals surface area (Å²) in [6, 6.07) is 10.5. The number of nitrogens with one attached hydrogen (secondary N) is 1. The molecule has 9 nitrogen and oxygen atoms in total. The molecule has 27 heavy (non-hydrogen) atoms. The van der Waals surface area contributed by atoms with Gasteiger partial charge in [0.15, 0.2) is 12.7 Å². The van der Waals surface area contributed by atoms with Gasteiger partial charge in [-0.1, -0.05) is 6.07 Å². The summed E-state index contributed by atoms with van der Waals surface area (Å²) in [7, 11) is 1.64. The van der Waals surface area contributed by atoms with Crippen LogP contribution in [0.1, 0.15) is 6.92 Å². The number of amides is 2. The number of nitro benzene ring substituents is 1. The van der Waals surface area contributed by atoms with Gasteiger partial charge in [0, 0.05) is 18.8 Å². The van der Waals surface area contributed by atoms with Gasteiger partial charge in [0.1, 0.15) is 11.5 Å². The molecule has 0 aliphatic carbocycles. The van der Waals surface area contributed by atoms with E-state index < -0.39 is 16.9 Å². The summed E-state index contributed by atoms with van der Waals surface area (Å²) >= 11 is 0. The van der Waals surface area contributed by atoms with Gasteiger partial charge in [0.2, 0.25) is 0 Å². The molecule has 1 aliphatic rings. The molecule has 2 amide bonds. The Balaban J connectivity index is 1.64. The lowest BCUT2D eigenvalue weighted by atomic mass is 10.2. The van der Waals surface area contributed by atoms with Crippen molar-refractivity contribution in [2.75, 3.05) is 23.9 Å². The summed E-state index contributed by atoms with van der Waals surface area (Å²) in [5.41, 5.74) is 0.902. The molecule has 9 heteroatoms. The smallest absolute Gasteiger partial charge is 0.273 e. The highest BCUT2D eigenvalue weighted by Gasteiger charge is 2.29. The molecular formula is C18H17N3O6. The maximum atomic E-state index is 12.1. The second-order valence-corrected chi connectivity index (χ2v) is 5.93. The van der Waals surface area contributed by atoms with Crippen molar-refractivity contribution in [1.82, 2.24) is 0 Å². The maximum absolute atomic E-state index is 12.1. The van der Waals surface area contributed by atoms with Crippen LogP contribution >= 0.6 is 0 Å². The van der Waals surface area contributed by atoms with Crippen LogP contribution in [0, 0.1) is 10.1 Å². The first kappa shape index (κ1) is 18.2. The Kier molecular flexibility index (Phi) is 4.93. The molecule has 0 aromatic heterocycles. The lowest BCUT2D eigenvalue weighted by molar-refractivity contribution is -0.384. The van der Waals surface area contributed by atoms with E-state index in [0.29, 0.717) is 17.1 Å². The fourth-order valence-electron chi connectivity index (χ4n) is 2.62. The lowest BCUT2D eigenvalue weighted by Crippen LogP contribution is -2.42. The van der Waals surface area contributed by atoms with Gasteiger partial charge in [-0.25, -0.2) is 0 Å². The molecule has 1 aliphatic heterocycles. The van der Waals surface area contributed by atoms with E-state index in [9.17, 15) is 19.7 Å². The van der Waals surface area contributed by atoms with Crippen LogP contribution < -0.4 is 19.7 Å². The highest BCUT2D eigenvalue weighted by molar-refractivity contribution is 6.00. The predicted octanol–water partition coefficient (Wildman–Crippen LogP) is 2.36. The van der Waals surface area contributed by atoms with Gasteiger partial charge in [-0.05, 0) is 31.2 Å². The summed E-state index contributed by atoms with van der Waals surface area (Å²) in [4.78, 5) is 35.8. The second-order valence-electron chi connectivity index (χ2n) is 5.93. The van der Waals surface area contributed by atoms with Crippen LogP contribution in [-0.2, 0) is 9.59 Å². The molecule has 0 spiro atoms. The van der Waals surface area contributed by atoms with Crippen molar-refractivity contribution in [3.63, 3.8) is 0 Å². The van der Waals surface area contributed by atoms with Crippen molar-refractivity contribution >= 4 is 28.9 Å². The summed E-state index contributed by atoms with van der Waals surface area (Å²) < 4.78 is 10.8. The molecule has 2 aromatic rings. The van der Waals surface area contributed by atoms with Gasteiger partial charge >= 0.3 is 0 Å². The van der Waals surface area contributed by atoms with Crippen molar-refractivity contribution in [2.45, 2.75) is 13.0 Å². The number of hydrogen-bond acceptors (Lipinski definition) is 6. The van der Waals surface area contributed by atoms with Gasteiger partial charge < -0.3 is 19.7 Å². The molecule has 0 radical (unpaired) electrons. The van der Waals surface area contributed by atoms with E-state index in [1.54, 1.807) is 32.2 Å². The molecule has 2 aromatic carbocycles. The number of carbonyl (C=O) groups is 2. The molecule has 0 bridgehead atoms. The molecular weight excluding hydrogens is 354 g/mol. The van der Waals surface area contributed by atoms with Gasteiger partial charge in [-0.15, -0.1) is 0 Å². The van der Waals surface area contributed by atoms with Crippen LogP contribution in [0.5, 0.6) is 11.5 Å². The fourth-order valence-corrected chi connectivity index (χ4v) is 2.62. The molecule has 0 saturated carbocycles. The minimum Gasteiger partial charge on any atom is -0.484 e. The highest BCUT2D eigenvalue weighted by Crippen LogP contribution is 2.35. The zero-order valence-electron chi connectivity index (χ0n) is 14.7. The quantitative estimate of drug-likeness (QED) is 0.638. The van der Waals surface area contributed by atoms with Crippen LogP contribution in [0.15, 0.2) is 42.5 Å². The summed E-state index contributed by atoms with van der Waals surface area (Å²) in [5.74, 6) is 0.147. The topological polar surface area (TPSA) is 111 Å². The van der Waals surface area contributed by atoms with E-state index in [1.807, 2.05) is 0 Å². The summed E-state index contributed by atoms with van der Waals surface area (Å²) in [6.45, 7) is 1.35. The van der Waals surface area contributed by atoms with Crippen LogP contribution in [0.25, 0.3) is 0 Å². The molecule has 1 heterocycles. The molecule has 0 saturated heterocycles. The number of likely N-dealkylation sites (N-methyl/N-ethyl adjacent to an activating group) is 1. The number of benzene rings is 2. The largest absolute Gasteiger partial charge is 0.484 e. The number of carbonyl (C=O) groups excluding carboxylic acids is 2. The highest BCUT2D eigenvalue weighted by atomic mass is 16.6. The van der Waals surface area contributed by atoms with Gasteiger partial charge in [0.05, 0.1) is 16.7 Å². The first-order chi connectivity index (χ1) is 12.8. The number of nitrogens with zero attached hydrogens (tertiary/aromatic N) is 2. The Morgan fingerprint density at radius 3 is 2.85 bits per heavy atom. The van der Waals surface area contributed by atoms with E-state index in [1.165, 1.54) is 29.2 Å². The Bertz CT molecular complexity index is 914. The van der Waals surface area contributed by atoms with Crippen molar-refractivity contribution in [3.8, 4) is 11.5 Å². The second kappa shape index (κ2) is 7.32. The number of nitro groups is 1. The van der Waals surface area contributed by atoms with E-state index in [4.69, 9.17) is 9.47 Å². The van der Waals surface area contributed by atoms with Gasteiger partial charge in [0.25, 0.3) is 17.5 Å². The zero-order chi connectivity index (χ0) is 19.6. The maximum Gasteiger partial charge on any atom is 0.273 e. The van der Waals surface area contributed by atoms with Gasteiger partial charge in [-0.2, -0.15) is 0 Å². The summed E-state index contributed by atoms with van der Waals surface area (Å²) in [5, 5.41) is 13.4. The molecule has 1 N–H and O–H groups in total. The summed E-state index contributed by atoms with van der Waals surface area (Å²) in [6.07, 6.45) is -0.564. The number of ether oxygens (including phenoxy) is 2. The Morgan fingerprint density at radius 1 is 1.33 bits per heavy atom. The number of rotatable bonds is 5. The monoisotopic (exact) mass is 371 g/mol. The third-order valence-corrected chi connectivity index (χ3v) is 3.98. The Labute approximate surface area is 154 Å². The molecule has 0 fully saturated rings. The minimum absolute atomic E-state index is 0.121. The van der Waals surface area contributed by atoms with Crippen LogP contribution in [0.3, 0.4) is 0 Å². The van der Waals surface area contributed by atoms with Gasteiger partial charge in [-0.3, -0.25) is 19.7 Å². The molecule has 1 unspecified atom stereocenters. The third-order valence-electron chi connectivity index (χ3n) is 3.98. The molecule has 140 valence electrons. The van der Waals surface area contributed by atoms with Crippen molar-refractivity contribution in [2.24, 2.45) is 0 Å². The SMILES string of the molecule is CC1Oc2ccc(NC(=O)COc3cccc([N+](=O)[O-])c3)cc2N(C)C1=O. The van der Waals surface area contributed by atoms with Crippen molar-refractivity contribution in [1.29, 1.82) is 0 Å². The number of anilines is 2. The zero-order valence-corrected chi connectivity index (χ0v) is 14.7. The van der Waals surface area contributed by atoms with Crippen LogP contribution in [0.4, 0.5) is 17.1 Å². The Morgan fingerprint density at radius 2 is 2.11 bits per heavy atom. The number of non-ortho nitro benzene ring substituents is 1. The van der Waals surface area contributed by atoms with Crippen molar-refractivity contribution in [3.05, 3.63) is 52.6 Å². The van der Waals surface area contributed by atoms with Crippen molar-refractivity contribution < 1.29 is 24.0 Å². The fraction of sp³-hybridized carbons (Fsp3) is 0.222. The Hall–Kier alpha value is -3.62. The first-order valence-corrected chi connectivity index (χ1v) is 8.10. The first-order valence-electron chi connectivity index (χ1n) is 8.10. The van der Waals surface area contributed by atoms with E-state index >= 15 is 0 Å². The number of hydrogen-bond donors (Lipinski definition) is 1. The predicted molar refractivity (Wildman–Crippen MR) is 97.2 cm³/mol.